The zero-order valence-corrected chi connectivity index (χ0v) is 7.28. The molecule has 0 aromatic carbocycles. The van der Waals surface area contributed by atoms with E-state index in [1.165, 1.54) is 0 Å². The van der Waals surface area contributed by atoms with Crippen molar-refractivity contribution >= 4 is 11.7 Å². The van der Waals surface area contributed by atoms with Crippen LogP contribution >= 0.6 is 0 Å². The van der Waals surface area contributed by atoms with Crippen LogP contribution in [0, 0.1) is 5.92 Å². The normalized spacial score (nSPS) is 22.2. The van der Waals surface area contributed by atoms with Crippen molar-refractivity contribution in [2.45, 2.75) is 32.8 Å². The topological polar surface area (TPSA) is 58.9 Å². The first kappa shape index (κ1) is 9.03. The molecule has 1 aliphatic heterocycles. The lowest BCUT2D eigenvalue weighted by Gasteiger charge is -2.01. The maximum Gasteiger partial charge on any atom is 0.348 e. The highest BCUT2D eigenvalue weighted by Gasteiger charge is 2.27. The molecule has 0 saturated heterocycles. The molecule has 0 fully saturated rings. The van der Waals surface area contributed by atoms with Crippen molar-refractivity contribution in [1.82, 2.24) is 0 Å². The van der Waals surface area contributed by atoms with E-state index in [9.17, 15) is 4.79 Å². The van der Waals surface area contributed by atoms with E-state index < -0.39 is 12.1 Å². The minimum atomic E-state index is -0.933. The van der Waals surface area contributed by atoms with Crippen molar-refractivity contribution in [3.63, 3.8) is 0 Å². The molecule has 12 heavy (non-hydrogen) atoms. The number of oxime groups is 1. The highest BCUT2D eigenvalue weighted by molar-refractivity contribution is 5.90. The first-order valence-corrected chi connectivity index (χ1v) is 4.04. The Kier molecular flexibility index (Phi) is 2.68. The number of rotatable bonds is 3. The Hall–Kier alpha value is -1.06. The van der Waals surface area contributed by atoms with Gasteiger partial charge in [-0.05, 0) is 12.3 Å². The van der Waals surface area contributed by atoms with Gasteiger partial charge in [-0.2, -0.15) is 0 Å². The zero-order valence-electron chi connectivity index (χ0n) is 7.28. The molecule has 1 heterocycles. The quantitative estimate of drug-likeness (QED) is 0.695. The highest BCUT2D eigenvalue weighted by atomic mass is 16.7. The van der Waals surface area contributed by atoms with E-state index in [1.807, 2.05) is 0 Å². The van der Waals surface area contributed by atoms with Gasteiger partial charge in [-0.25, -0.2) is 4.79 Å². The van der Waals surface area contributed by atoms with Gasteiger partial charge in [0.25, 0.3) is 0 Å². The number of carbonyl (C=O) groups is 1. The number of hydrogen-bond donors (Lipinski definition) is 1. The van der Waals surface area contributed by atoms with E-state index in [1.54, 1.807) is 0 Å². The Labute approximate surface area is 71.2 Å². The lowest BCUT2D eigenvalue weighted by Crippen LogP contribution is -2.19. The van der Waals surface area contributed by atoms with Crippen molar-refractivity contribution in [1.29, 1.82) is 0 Å². The predicted molar refractivity (Wildman–Crippen MR) is 44.0 cm³/mol. The summed E-state index contributed by atoms with van der Waals surface area (Å²) in [5.74, 6) is -0.433. The summed E-state index contributed by atoms with van der Waals surface area (Å²) in [5.41, 5.74) is 0.859. The van der Waals surface area contributed by atoms with Gasteiger partial charge in [0, 0.05) is 6.42 Å². The average molecular weight is 171 g/mol. The van der Waals surface area contributed by atoms with Gasteiger partial charge in [0.05, 0.1) is 5.71 Å². The lowest BCUT2D eigenvalue weighted by atomic mass is 10.0. The largest absolute Gasteiger partial charge is 0.478 e. The molecule has 0 aromatic heterocycles. The summed E-state index contributed by atoms with van der Waals surface area (Å²) in [4.78, 5) is 15.2. The Balaban J connectivity index is 2.38. The van der Waals surface area contributed by atoms with Gasteiger partial charge in [-0.15, -0.1) is 0 Å². The molecule has 0 aliphatic carbocycles. The number of carboxylic acids is 1. The van der Waals surface area contributed by atoms with Gasteiger partial charge < -0.3 is 9.94 Å². The molecule has 0 amide bonds. The molecular formula is C8H13NO3. The van der Waals surface area contributed by atoms with Crippen molar-refractivity contribution in [3.8, 4) is 0 Å². The smallest absolute Gasteiger partial charge is 0.348 e. The Bertz CT molecular complexity index is 210. The maximum atomic E-state index is 10.4. The lowest BCUT2D eigenvalue weighted by molar-refractivity contribution is -0.148. The molecule has 0 saturated carbocycles. The predicted octanol–water partition coefficient (Wildman–Crippen LogP) is 1.26. The second kappa shape index (κ2) is 3.56. The zero-order chi connectivity index (χ0) is 9.14. The number of aliphatic carboxylic acids is 1. The minimum Gasteiger partial charge on any atom is -0.478 e. The van der Waals surface area contributed by atoms with Gasteiger partial charge >= 0.3 is 5.97 Å². The maximum absolute atomic E-state index is 10.4. The van der Waals surface area contributed by atoms with Crippen molar-refractivity contribution in [2.75, 3.05) is 0 Å². The Morgan fingerprint density at radius 3 is 2.92 bits per heavy atom. The van der Waals surface area contributed by atoms with E-state index >= 15 is 0 Å². The monoisotopic (exact) mass is 171 g/mol. The second-order valence-electron chi connectivity index (χ2n) is 3.39. The molecule has 1 N–H and O–H groups in total. The highest BCUT2D eigenvalue weighted by Crippen LogP contribution is 2.15. The van der Waals surface area contributed by atoms with Crippen molar-refractivity contribution in [2.24, 2.45) is 11.1 Å². The molecule has 0 aromatic rings. The molecule has 1 aliphatic rings. The molecule has 4 nitrogen and oxygen atoms in total. The third-order valence-electron chi connectivity index (χ3n) is 1.65. The van der Waals surface area contributed by atoms with Gasteiger partial charge in [-0.1, -0.05) is 19.0 Å². The van der Waals surface area contributed by atoms with E-state index in [4.69, 9.17) is 9.94 Å². The summed E-state index contributed by atoms with van der Waals surface area (Å²) in [6, 6.07) is 0. The van der Waals surface area contributed by atoms with Crippen LogP contribution < -0.4 is 0 Å². The van der Waals surface area contributed by atoms with Crippen LogP contribution in [0.1, 0.15) is 26.7 Å². The van der Waals surface area contributed by atoms with Gasteiger partial charge in [-0.3, -0.25) is 0 Å². The minimum absolute atomic E-state index is 0.438. The molecule has 1 rings (SSSR count). The molecule has 0 spiro atoms. The van der Waals surface area contributed by atoms with Crippen molar-refractivity contribution < 1.29 is 14.7 Å². The number of nitrogens with zero attached hydrogens (tertiary/aromatic N) is 1. The van der Waals surface area contributed by atoms with Crippen LogP contribution in [0.5, 0.6) is 0 Å². The molecule has 0 radical (unpaired) electrons. The Morgan fingerprint density at radius 1 is 1.83 bits per heavy atom. The summed E-state index contributed by atoms with van der Waals surface area (Å²) in [6.45, 7) is 4.13. The third-order valence-corrected chi connectivity index (χ3v) is 1.65. The average Bonchev–Trinajstić information content (AvgIpc) is 2.34. The summed E-state index contributed by atoms with van der Waals surface area (Å²) in [6.07, 6.45) is 0.510. The fourth-order valence-corrected chi connectivity index (χ4v) is 1.15. The molecular weight excluding hydrogens is 158 g/mol. The molecule has 0 bridgehead atoms. The molecule has 1 atom stereocenters. The van der Waals surface area contributed by atoms with E-state index in [0.29, 0.717) is 12.3 Å². The fourth-order valence-electron chi connectivity index (χ4n) is 1.15. The van der Waals surface area contributed by atoms with Crippen LogP contribution in [0.25, 0.3) is 0 Å². The van der Waals surface area contributed by atoms with Crippen LogP contribution in [-0.4, -0.2) is 22.9 Å². The summed E-state index contributed by atoms with van der Waals surface area (Å²) < 4.78 is 0. The van der Waals surface area contributed by atoms with Gasteiger partial charge in [0.15, 0.2) is 0 Å². The first-order chi connectivity index (χ1) is 5.59. The van der Waals surface area contributed by atoms with E-state index in [0.717, 1.165) is 12.1 Å². The number of carboxylic acid groups (broad SMARTS) is 1. The van der Waals surface area contributed by atoms with E-state index in [-0.39, 0.29) is 0 Å². The molecule has 1 unspecified atom stereocenters. The third kappa shape index (κ3) is 2.22. The molecule has 4 heteroatoms. The Morgan fingerprint density at radius 2 is 2.50 bits per heavy atom. The standard InChI is InChI=1S/C8H13NO3/c1-5(2)3-6-4-7(8(10)11)12-9-6/h5,7H,3-4H2,1-2H3,(H,10,11). The summed E-state index contributed by atoms with van der Waals surface area (Å²) in [7, 11) is 0. The van der Waals surface area contributed by atoms with Crippen LogP contribution in [0.2, 0.25) is 0 Å². The first-order valence-electron chi connectivity index (χ1n) is 4.04. The SMILES string of the molecule is CC(C)CC1=NOC(C(=O)O)C1. The molecule has 68 valence electrons. The van der Waals surface area contributed by atoms with Crippen LogP contribution in [-0.2, 0) is 9.63 Å². The van der Waals surface area contributed by atoms with Crippen LogP contribution in [0.4, 0.5) is 0 Å². The van der Waals surface area contributed by atoms with Crippen LogP contribution in [0.15, 0.2) is 5.16 Å². The fraction of sp³-hybridized carbons (Fsp3) is 0.750. The summed E-state index contributed by atoms with van der Waals surface area (Å²) >= 11 is 0. The van der Waals surface area contributed by atoms with Crippen molar-refractivity contribution in [3.05, 3.63) is 0 Å². The summed E-state index contributed by atoms with van der Waals surface area (Å²) in [5, 5.41) is 12.3. The van der Waals surface area contributed by atoms with Gasteiger partial charge in [0.2, 0.25) is 6.10 Å². The number of hydrogen-bond acceptors (Lipinski definition) is 3. The van der Waals surface area contributed by atoms with Gasteiger partial charge in [0.1, 0.15) is 0 Å². The van der Waals surface area contributed by atoms with E-state index in [2.05, 4.69) is 19.0 Å². The second-order valence-corrected chi connectivity index (χ2v) is 3.39. The van der Waals surface area contributed by atoms with Crippen LogP contribution in [0.3, 0.4) is 0 Å².